The van der Waals surface area contributed by atoms with Gasteiger partial charge in [-0.05, 0) is 111 Å². The smallest absolute Gasteiger partial charge is 0.293 e. The van der Waals surface area contributed by atoms with Crippen molar-refractivity contribution in [3.63, 3.8) is 0 Å². The highest BCUT2D eigenvalue weighted by Crippen LogP contribution is 2.46. The zero-order valence-electron chi connectivity index (χ0n) is 20.1. The Morgan fingerprint density at radius 2 is 1.85 bits per heavy atom. The summed E-state index contributed by atoms with van der Waals surface area (Å²) in [4.78, 5) is 29.7. The van der Waals surface area contributed by atoms with Crippen molar-refractivity contribution >= 4 is 34.7 Å². The summed E-state index contributed by atoms with van der Waals surface area (Å²) in [6, 6.07) is 10.7. The Labute approximate surface area is 199 Å². The van der Waals surface area contributed by atoms with E-state index in [1.807, 2.05) is 6.08 Å². The molecule has 1 saturated heterocycles. The molecule has 2 amide bonds. The van der Waals surface area contributed by atoms with Crippen molar-refractivity contribution in [3.05, 3.63) is 69.4 Å². The van der Waals surface area contributed by atoms with E-state index in [2.05, 4.69) is 58.6 Å². The van der Waals surface area contributed by atoms with Crippen LogP contribution in [-0.2, 0) is 11.3 Å². The van der Waals surface area contributed by atoms with Crippen LogP contribution in [0.3, 0.4) is 0 Å². The SMILES string of the molecule is Cc1cc2c(cc1/C=C1\SC(=O)N(Cc3ccc(F)cc3)C1=O)[C@@H](C)CC(C)(C)N2C(C)C. The molecule has 0 radical (unpaired) electrons. The molecule has 1 atom stereocenters. The van der Waals surface area contributed by atoms with Crippen molar-refractivity contribution in [2.45, 2.75) is 72.0 Å². The molecule has 2 aliphatic rings. The first kappa shape index (κ1) is 23.6. The monoisotopic (exact) mass is 466 g/mol. The number of amides is 2. The highest BCUT2D eigenvalue weighted by atomic mass is 32.2. The predicted molar refractivity (Wildman–Crippen MR) is 134 cm³/mol. The fourth-order valence-corrected chi connectivity index (χ4v) is 6.13. The van der Waals surface area contributed by atoms with Gasteiger partial charge in [0.15, 0.2) is 0 Å². The summed E-state index contributed by atoms with van der Waals surface area (Å²) in [5.41, 5.74) is 5.37. The molecule has 0 unspecified atom stereocenters. The van der Waals surface area contributed by atoms with Gasteiger partial charge in [0.25, 0.3) is 11.1 Å². The normalized spacial score (nSPS) is 21.3. The van der Waals surface area contributed by atoms with E-state index >= 15 is 0 Å². The lowest BCUT2D eigenvalue weighted by molar-refractivity contribution is -0.123. The molecule has 2 aromatic carbocycles. The number of nitrogens with zero attached hydrogens (tertiary/aromatic N) is 2. The van der Waals surface area contributed by atoms with Gasteiger partial charge in [-0.25, -0.2) is 4.39 Å². The van der Waals surface area contributed by atoms with E-state index in [0.717, 1.165) is 34.9 Å². The maximum absolute atomic E-state index is 13.2. The number of carbonyl (C=O) groups excluding carboxylic acids is 2. The molecule has 2 aromatic rings. The van der Waals surface area contributed by atoms with Gasteiger partial charge < -0.3 is 4.90 Å². The average molecular weight is 467 g/mol. The maximum atomic E-state index is 13.2. The lowest BCUT2D eigenvalue weighted by Gasteiger charge is -2.50. The molecule has 6 heteroatoms. The summed E-state index contributed by atoms with van der Waals surface area (Å²) in [5, 5.41) is -0.299. The zero-order chi connectivity index (χ0) is 24.1. The van der Waals surface area contributed by atoms with E-state index in [0.29, 0.717) is 16.9 Å². The van der Waals surface area contributed by atoms with E-state index < -0.39 is 0 Å². The number of carbonyl (C=O) groups is 2. The van der Waals surface area contributed by atoms with Gasteiger partial charge in [-0.15, -0.1) is 0 Å². The van der Waals surface area contributed by atoms with Crippen LogP contribution in [0.15, 0.2) is 41.3 Å². The second kappa shape index (κ2) is 8.64. The molecule has 4 rings (SSSR count). The number of imide groups is 1. The van der Waals surface area contributed by atoms with Crippen LogP contribution in [0, 0.1) is 12.7 Å². The number of rotatable bonds is 4. The Hall–Kier alpha value is -2.60. The first-order valence-electron chi connectivity index (χ1n) is 11.4. The summed E-state index contributed by atoms with van der Waals surface area (Å²) in [6.45, 7) is 13.5. The second-order valence-electron chi connectivity index (χ2n) is 10.0. The molecule has 0 spiro atoms. The Kier molecular flexibility index (Phi) is 6.16. The van der Waals surface area contributed by atoms with Crippen LogP contribution >= 0.6 is 11.8 Å². The van der Waals surface area contributed by atoms with Gasteiger partial charge in [0.1, 0.15) is 5.82 Å². The molecule has 2 aliphatic heterocycles. The predicted octanol–water partition coefficient (Wildman–Crippen LogP) is 6.87. The molecule has 0 aliphatic carbocycles. The molecule has 2 heterocycles. The van der Waals surface area contributed by atoms with Crippen molar-refractivity contribution in [3.8, 4) is 0 Å². The van der Waals surface area contributed by atoms with Crippen LogP contribution in [0.2, 0.25) is 0 Å². The van der Waals surface area contributed by atoms with E-state index in [4.69, 9.17) is 0 Å². The Morgan fingerprint density at radius 3 is 2.48 bits per heavy atom. The minimum Gasteiger partial charge on any atom is -0.364 e. The molecule has 0 bridgehead atoms. The third-order valence-corrected chi connectivity index (χ3v) is 7.50. The number of benzene rings is 2. The molecule has 174 valence electrons. The highest BCUT2D eigenvalue weighted by molar-refractivity contribution is 8.18. The minimum atomic E-state index is -0.343. The van der Waals surface area contributed by atoms with E-state index in [1.165, 1.54) is 28.3 Å². The van der Waals surface area contributed by atoms with Crippen LogP contribution in [-0.4, -0.2) is 27.6 Å². The van der Waals surface area contributed by atoms with Crippen molar-refractivity contribution in [1.82, 2.24) is 4.90 Å². The standard InChI is InChI=1S/C27H31FN2O2S/c1-16(2)30-23-11-17(3)20(12-22(23)18(4)14-27(30,5)6)13-24-25(31)29(26(32)33-24)15-19-7-9-21(28)10-8-19/h7-13,16,18H,14-15H2,1-6H3/b24-13-/t18-/m0/s1. The number of hydrogen-bond acceptors (Lipinski definition) is 4. The van der Waals surface area contributed by atoms with Crippen molar-refractivity contribution in [2.75, 3.05) is 4.90 Å². The van der Waals surface area contributed by atoms with Crippen LogP contribution in [0.5, 0.6) is 0 Å². The quantitative estimate of drug-likeness (QED) is 0.461. The number of thioether (sulfide) groups is 1. The van der Waals surface area contributed by atoms with Crippen molar-refractivity contribution in [1.29, 1.82) is 0 Å². The first-order chi connectivity index (χ1) is 15.5. The third-order valence-electron chi connectivity index (χ3n) is 6.59. The fraction of sp³-hybridized carbons (Fsp3) is 0.407. The van der Waals surface area contributed by atoms with Gasteiger partial charge in [0, 0.05) is 17.3 Å². The summed E-state index contributed by atoms with van der Waals surface area (Å²) in [5.74, 6) is -0.250. The molecule has 0 aromatic heterocycles. The molecular weight excluding hydrogens is 435 g/mol. The number of hydrogen-bond donors (Lipinski definition) is 0. The third kappa shape index (κ3) is 4.45. The van der Waals surface area contributed by atoms with Gasteiger partial charge in [-0.1, -0.05) is 19.1 Å². The Morgan fingerprint density at radius 1 is 1.18 bits per heavy atom. The molecular formula is C27H31FN2O2S. The first-order valence-corrected chi connectivity index (χ1v) is 12.2. The van der Waals surface area contributed by atoms with E-state index in [1.54, 1.807) is 12.1 Å². The molecule has 0 saturated carbocycles. The number of halogens is 1. The lowest BCUT2D eigenvalue weighted by atomic mass is 9.78. The van der Waals surface area contributed by atoms with Gasteiger partial charge in [0.2, 0.25) is 0 Å². The van der Waals surface area contributed by atoms with Gasteiger partial charge in [0.05, 0.1) is 11.4 Å². The fourth-order valence-electron chi connectivity index (χ4n) is 5.30. The van der Waals surface area contributed by atoms with E-state index in [9.17, 15) is 14.0 Å². The summed E-state index contributed by atoms with van der Waals surface area (Å²) in [7, 11) is 0. The zero-order valence-corrected chi connectivity index (χ0v) is 20.9. The number of fused-ring (bicyclic) bond motifs is 1. The van der Waals surface area contributed by atoms with Crippen molar-refractivity contribution < 1.29 is 14.0 Å². The van der Waals surface area contributed by atoms with Gasteiger partial charge in [-0.2, -0.15) is 0 Å². The average Bonchev–Trinajstić information content (AvgIpc) is 2.97. The van der Waals surface area contributed by atoms with Crippen LogP contribution in [0.4, 0.5) is 14.9 Å². The topological polar surface area (TPSA) is 40.6 Å². The summed E-state index contributed by atoms with van der Waals surface area (Å²) in [6.07, 6.45) is 2.90. The van der Waals surface area contributed by atoms with Crippen LogP contribution in [0.1, 0.15) is 69.2 Å². The molecule has 33 heavy (non-hydrogen) atoms. The highest BCUT2D eigenvalue weighted by Gasteiger charge is 2.38. The molecule has 4 nitrogen and oxygen atoms in total. The van der Waals surface area contributed by atoms with Crippen LogP contribution < -0.4 is 4.90 Å². The van der Waals surface area contributed by atoms with Gasteiger partial charge in [-0.3, -0.25) is 14.5 Å². The lowest BCUT2D eigenvalue weighted by Crippen LogP contribution is -2.51. The van der Waals surface area contributed by atoms with Gasteiger partial charge >= 0.3 is 0 Å². The van der Waals surface area contributed by atoms with Crippen LogP contribution in [0.25, 0.3) is 6.08 Å². The summed E-state index contributed by atoms with van der Waals surface area (Å²) < 4.78 is 13.2. The summed E-state index contributed by atoms with van der Waals surface area (Å²) >= 11 is 0.965. The molecule has 1 fully saturated rings. The van der Waals surface area contributed by atoms with E-state index in [-0.39, 0.29) is 29.0 Å². The van der Waals surface area contributed by atoms with Crippen molar-refractivity contribution in [2.24, 2.45) is 0 Å². The Bertz CT molecular complexity index is 1140. The Balaban J connectivity index is 1.66. The number of aryl methyl sites for hydroxylation is 1. The molecule has 0 N–H and O–H groups in total. The largest absolute Gasteiger partial charge is 0.364 e. The second-order valence-corrected chi connectivity index (χ2v) is 11.0. The maximum Gasteiger partial charge on any atom is 0.293 e. The minimum absolute atomic E-state index is 0.0670. The number of anilines is 1.